The van der Waals surface area contributed by atoms with Gasteiger partial charge in [-0.2, -0.15) is 5.10 Å². The van der Waals surface area contributed by atoms with E-state index in [1.54, 1.807) is 18.3 Å². The molecule has 29 heavy (non-hydrogen) atoms. The van der Waals surface area contributed by atoms with Crippen LogP contribution in [0.4, 0.5) is 9.52 Å². The summed E-state index contributed by atoms with van der Waals surface area (Å²) in [5.41, 5.74) is 9.05. The molecule has 2 heterocycles. The lowest BCUT2D eigenvalue weighted by atomic mass is 10.2. The van der Waals surface area contributed by atoms with Crippen LogP contribution in [-0.4, -0.2) is 15.8 Å². The lowest BCUT2D eigenvalue weighted by molar-refractivity contribution is 0.628. The number of aryl methyl sites for hydroxylation is 1. The zero-order valence-electron chi connectivity index (χ0n) is 15.9. The number of aromatic nitrogens is 2. The summed E-state index contributed by atoms with van der Waals surface area (Å²) in [4.78, 5) is 4.50. The van der Waals surface area contributed by atoms with E-state index in [0.29, 0.717) is 5.13 Å². The fourth-order valence-corrected chi connectivity index (χ4v) is 4.07. The third-order valence-electron chi connectivity index (χ3n) is 4.56. The Morgan fingerprint density at radius 3 is 2.55 bits per heavy atom. The number of benzene rings is 2. The molecule has 0 saturated carbocycles. The van der Waals surface area contributed by atoms with Gasteiger partial charge in [0.25, 0.3) is 0 Å². The molecule has 7 heteroatoms. The molecule has 2 aromatic carbocycles. The van der Waals surface area contributed by atoms with Gasteiger partial charge in [0.2, 0.25) is 5.13 Å². The molecular weight excluding hydrogens is 451 g/mol. The Balaban J connectivity index is 1.50. The highest BCUT2D eigenvalue weighted by Crippen LogP contribution is 2.25. The second-order valence-corrected chi connectivity index (χ2v) is 8.33. The van der Waals surface area contributed by atoms with E-state index < -0.39 is 0 Å². The quantitative estimate of drug-likeness (QED) is 0.266. The summed E-state index contributed by atoms with van der Waals surface area (Å²) >= 11 is 4.93. The average Bonchev–Trinajstić information content (AvgIpc) is 3.28. The van der Waals surface area contributed by atoms with Crippen LogP contribution >= 0.6 is 27.3 Å². The van der Waals surface area contributed by atoms with Crippen LogP contribution in [0.3, 0.4) is 0 Å². The first-order valence-corrected chi connectivity index (χ1v) is 10.6. The smallest absolute Gasteiger partial charge is 0.203 e. The average molecular weight is 469 g/mol. The van der Waals surface area contributed by atoms with Crippen molar-refractivity contribution in [3.63, 3.8) is 0 Å². The van der Waals surface area contributed by atoms with Gasteiger partial charge in [-0.3, -0.25) is 5.43 Å². The number of thiazole rings is 1. The van der Waals surface area contributed by atoms with Crippen LogP contribution in [0.2, 0.25) is 0 Å². The van der Waals surface area contributed by atoms with Gasteiger partial charge in [-0.25, -0.2) is 9.37 Å². The van der Waals surface area contributed by atoms with E-state index in [9.17, 15) is 4.39 Å². The van der Waals surface area contributed by atoms with Crippen molar-refractivity contribution in [2.24, 2.45) is 5.10 Å². The molecule has 2 aromatic heterocycles. The molecule has 4 aromatic rings. The van der Waals surface area contributed by atoms with Gasteiger partial charge >= 0.3 is 0 Å². The van der Waals surface area contributed by atoms with Crippen molar-refractivity contribution in [2.75, 3.05) is 5.43 Å². The summed E-state index contributed by atoms with van der Waals surface area (Å²) in [5.74, 6) is -0.257. The number of anilines is 1. The number of hydrogen-bond acceptors (Lipinski definition) is 4. The molecule has 0 aliphatic carbocycles. The Hall–Kier alpha value is -2.77. The third-order valence-corrected chi connectivity index (χ3v) is 5.84. The van der Waals surface area contributed by atoms with E-state index in [0.717, 1.165) is 38.4 Å². The van der Waals surface area contributed by atoms with E-state index in [2.05, 4.69) is 68.1 Å². The first kappa shape index (κ1) is 19.5. The molecule has 4 nitrogen and oxygen atoms in total. The van der Waals surface area contributed by atoms with Crippen molar-refractivity contribution < 1.29 is 4.39 Å². The molecule has 0 aliphatic rings. The van der Waals surface area contributed by atoms with Gasteiger partial charge in [0, 0.05) is 38.1 Å². The number of nitrogens with one attached hydrogen (secondary N) is 1. The van der Waals surface area contributed by atoms with E-state index >= 15 is 0 Å². The minimum Gasteiger partial charge on any atom is -0.318 e. The van der Waals surface area contributed by atoms with Gasteiger partial charge in [0.05, 0.1) is 11.9 Å². The van der Waals surface area contributed by atoms with Crippen molar-refractivity contribution in [3.05, 3.63) is 87.2 Å². The van der Waals surface area contributed by atoms with E-state index in [1.165, 1.54) is 23.5 Å². The van der Waals surface area contributed by atoms with Crippen LogP contribution in [0.1, 0.15) is 17.0 Å². The number of nitrogens with zero attached hydrogens (tertiary/aromatic N) is 3. The molecule has 1 N–H and O–H groups in total. The zero-order valence-corrected chi connectivity index (χ0v) is 18.3. The molecule has 0 bridgehead atoms. The highest BCUT2D eigenvalue weighted by atomic mass is 79.9. The van der Waals surface area contributed by atoms with Gasteiger partial charge in [-0.1, -0.05) is 15.9 Å². The summed E-state index contributed by atoms with van der Waals surface area (Å²) in [6, 6.07) is 16.6. The maximum Gasteiger partial charge on any atom is 0.203 e. The minimum atomic E-state index is -0.257. The highest BCUT2D eigenvalue weighted by molar-refractivity contribution is 9.10. The zero-order chi connectivity index (χ0) is 20.4. The Morgan fingerprint density at radius 2 is 1.83 bits per heavy atom. The van der Waals surface area contributed by atoms with Gasteiger partial charge in [0.15, 0.2) is 0 Å². The fourth-order valence-electron chi connectivity index (χ4n) is 3.14. The third kappa shape index (κ3) is 4.31. The largest absolute Gasteiger partial charge is 0.318 e. The van der Waals surface area contributed by atoms with Crippen LogP contribution in [0.5, 0.6) is 0 Å². The topological polar surface area (TPSA) is 42.2 Å². The second kappa shape index (κ2) is 8.31. The molecule has 0 amide bonds. The monoisotopic (exact) mass is 468 g/mol. The van der Waals surface area contributed by atoms with Crippen molar-refractivity contribution in [3.8, 4) is 16.9 Å². The molecule has 0 spiro atoms. The minimum absolute atomic E-state index is 0.257. The number of hydrogen-bond donors (Lipinski definition) is 1. The van der Waals surface area contributed by atoms with Crippen LogP contribution in [0.25, 0.3) is 16.9 Å². The van der Waals surface area contributed by atoms with E-state index in [1.807, 2.05) is 17.5 Å². The van der Waals surface area contributed by atoms with Crippen LogP contribution in [-0.2, 0) is 0 Å². The Labute approximate surface area is 180 Å². The molecule has 4 rings (SSSR count). The molecule has 0 atom stereocenters. The van der Waals surface area contributed by atoms with Gasteiger partial charge < -0.3 is 4.57 Å². The predicted molar refractivity (Wildman–Crippen MR) is 122 cm³/mol. The van der Waals surface area contributed by atoms with Crippen molar-refractivity contribution in [2.45, 2.75) is 13.8 Å². The molecule has 146 valence electrons. The lowest BCUT2D eigenvalue weighted by Crippen LogP contribution is -1.99. The summed E-state index contributed by atoms with van der Waals surface area (Å²) in [5, 5.41) is 6.95. The molecular formula is C22H18BrFN4S. The fraction of sp³-hybridized carbons (Fsp3) is 0.0909. The SMILES string of the molecule is Cc1cc(/C=N\Nc2nc(-c3ccc(F)cc3)cs2)c(C)n1-c1ccc(Br)cc1. The Bertz CT molecular complexity index is 1160. The van der Waals surface area contributed by atoms with Crippen LogP contribution in [0.15, 0.2) is 69.6 Å². The lowest BCUT2D eigenvalue weighted by Gasteiger charge is -2.09. The standard InChI is InChI=1S/C22H18BrFN4S/c1-14-11-17(15(2)28(14)20-9-5-18(23)6-10-20)12-25-27-22-26-21(13-29-22)16-3-7-19(24)8-4-16/h3-13H,1-2H3,(H,26,27)/b25-12-. The van der Waals surface area contributed by atoms with Gasteiger partial charge in [-0.15, -0.1) is 11.3 Å². The maximum atomic E-state index is 13.1. The van der Waals surface area contributed by atoms with Gasteiger partial charge in [-0.05, 0) is 68.4 Å². The van der Waals surface area contributed by atoms with Crippen molar-refractivity contribution in [1.82, 2.24) is 9.55 Å². The molecule has 0 fully saturated rings. The predicted octanol–water partition coefficient (Wildman–Crippen LogP) is 6.57. The first-order valence-electron chi connectivity index (χ1n) is 8.97. The Morgan fingerprint density at radius 1 is 1.10 bits per heavy atom. The summed E-state index contributed by atoms with van der Waals surface area (Å²) in [6.07, 6.45) is 1.80. The maximum absolute atomic E-state index is 13.1. The summed E-state index contributed by atoms with van der Waals surface area (Å²) in [6.45, 7) is 4.15. The van der Waals surface area contributed by atoms with E-state index in [4.69, 9.17) is 0 Å². The van der Waals surface area contributed by atoms with Crippen molar-refractivity contribution in [1.29, 1.82) is 0 Å². The molecule has 0 unspecified atom stereocenters. The summed E-state index contributed by atoms with van der Waals surface area (Å²) < 4.78 is 16.3. The second-order valence-electron chi connectivity index (χ2n) is 6.55. The molecule has 0 saturated heterocycles. The van der Waals surface area contributed by atoms with E-state index in [-0.39, 0.29) is 5.82 Å². The first-order chi connectivity index (χ1) is 14.0. The molecule has 0 aliphatic heterocycles. The Kier molecular flexibility index (Phi) is 5.60. The summed E-state index contributed by atoms with van der Waals surface area (Å²) in [7, 11) is 0. The highest BCUT2D eigenvalue weighted by Gasteiger charge is 2.09. The number of halogens is 2. The number of rotatable bonds is 5. The van der Waals surface area contributed by atoms with Crippen LogP contribution in [0, 0.1) is 19.7 Å². The van der Waals surface area contributed by atoms with Gasteiger partial charge in [0.1, 0.15) is 5.82 Å². The number of hydrazone groups is 1. The van der Waals surface area contributed by atoms with Crippen LogP contribution < -0.4 is 5.43 Å². The van der Waals surface area contributed by atoms with Crippen molar-refractivity contribution >= 4 is 38.6 Å². The normalized spacial score (nSPS) is 11.3. The molecule has 0 radical (unpaired) electrons.